The van der Waals surface area contributed by atoms with Gasteiger partial charge < -0.3 is 5.32 Å². The molecule has 1 aliphatic heterocycles. The molecule has 3 rings (SSSR count). The molecule has 2 amide bonds. The molecule has 0 unspecified atom stereocenters. The number of hydrogen-bond acceptors (Lipinski definition) is 4. The second kappa shape index (κ2) is 6.66. The summed E-state index contributed by atoms with van der Waals surface area (Å²) < 4.78 is 13.7. The Kier molecular flexibility index (Phi) is 4.43. The molecule has 0 radical (unpaired) electrons. The Morgan fingerprint density at radius 3 is 2.48 bits per heavy atom. The maximum Gasteiger partial charge on any atom is 0.295 e. The Hall–Kier alpha value is -2.60. The Balaban J connectivity index is 1.74. The van der Waals surface area contributed by atoms with Crippen molar-refractivity contribution in [1.29, 1.82) is 0 Å². The van der Waals surface area contributed by atoms with Crippen molar-refractivity contribution in [3.05, 3.63) is 70.9 Å². The van der Waals surface area contributed by atoms with E-state index in [4.69, 9.17) is 0 Å². The van der Waals surface area contributed by atoms with E-state index in [0.717, 1.165) is 22.3 Å². The van der Waals surface area contributed by atoms with Crippen molar-refractivity contribution < 1.29 is 14.0 Å². The van der Waals surface area contributed by atoms with Gasteiger partial charge >= 0.3 is 0 Å². The van der Waals surface area contributed by atoms with E-state index in [1.165, 1.54) is 12.1 Å². The van der Waals surface area contributed by atoms with Crippen LogP contribution in [-0.2, 0) is 4.79 Å². The van der Waals surface area contributed by atoms with E-state index in [2.05, 4.69) is 5.32 Å². The number of amides is 2. The summed E-state index contributed by atoms with van der Waals surface area (Å²) in [6, 6.07) is 15.4. The molecule has 0 saturated carbocycles. The van der Waals surface area contributed by atoms with Gasteiger partial charge in [-0.15, -0.1) is 0 Å². The lowest BCUT2D eigenvalue weighted by Crippen LogP contribution is -2.33. The highest BCUT2D eigenvalue weighted by Gasteiger charge is 2.34. The Morgan fingerprint density at radius 1 is 1.04 bits per heavy atom. The van der Waals surface area contributed by atoms with Crippen LogP contribution < -0.4 is 5.32 Å². The summed E-state index contributed by atoms with van der Waals surface area (Å²) in [7, 11) is 0. The minimum Gasteiger partial charge on any atom is -0.367 e. The number of carbonyl (C=O) groups excluding carboxylic acids is 2. The van der Waals surface area contributed by atoms with Crippen LogP contribution in [0.4, 0.5) is 14.9 Å². The van der Waals surface area contributed by atoms with Gasteiger partial charge in [0.25, 0.3) is 11.1 Å². The molecule has 2 aromatic carbocycles. The fourth-order valence-electron chi connectivity index (χ4n) is 2.10. The predicted molar refractivity (Wildman–Crippen MR) is 89.1 cm³/mol. The third-order valence-corrected chi connectivity index (χ3v) is 4.19. The summed E-state index contributed by atoms with van der Waals surface area (Å²) in [5.41, 5.74) is 1.10. The normalized spacial score (nSPS) is 16.2. The van der Waals surface area contributed by atoms with Crippen molar-refractivity contribution in [1.82, 2.24) is 4.90 Å². The lowest BCUT2D eigenvalue weighted by Gasteiger charge is -2.14. The summed E-state index contributed by atoms with van der Waals surface area (Å²) >= 11 is 0.812. The highest BCUT2D eigenvalue weighted by atomic mass is 32.2. The molecule has 116 valence electrons. The number of carbonyl (C=O) groups is 2. The minimum absolute atomic E-state index is 0.0727. The van der Waals surface area contributed by atoms with Crippen molar-refractivity contribution in [3.63, 3.8) is 0 Å². The smallest absolute Gasteiger partial charge is 0.295 e. The van der Waals surface area contributed by atoms with E-state index < -0.39 is 11.7 Å². The van der Waals surface area contributed by atoms with Crippen molar-refractivity contribution in [2.75, 3.05) is 12.0 Å². The molecule has 1 heterocycles. The number of anilines is 1. The van der Waals surface area contributed by atoms with Crippen LogP contribution in [0, 0.1) is 5.82 Å². The molecule has 4 nitrogen and oxygen atoms in total. The first kappa shape index (κ1) is 15.3. The van der Waals surface area contributed by atoms with Crippen LogP contribution in [0.3, 0.4) is 0 Å². The van der Waals surface area contributed by atoms with Crippen LogP contribution in [0.15, 0.2) is 59.5 Å². The van der Waals surface area contributed by atoms with Gasteiger partial charge in [0.2, 0.25) is 0 Å². The van der Waals surface area contributed by atoms with E-state index in [-0.39, 0.29) is 22.4 Å². The molecule has 1 fully saturated rings. The molecule has 6 heteroatoms. The summed E-state index contributed by atoms with van der Waals surface area (Å²) in [4.78, 5) is 25.6. The highest BCUT2D eigenvalue weighted by Crippen LogP contribution is 2.32. The lowest BCUT2D eigenvalue weighted by molar-refractivity contribution is -0.122. The average Bonchev–Trinajstić information content (AvgIpc) is 2.82. The van der Waals surface area contributed by atoms with Crippen LogP contribution in [0.2, 0.25) is 0 Å². The fraction of sp³-hybridized carbons (Fsp3) is 0.0588. The standard InChI is InChI=1S/C17H13FN2O2S/c18-14-9-5-4-6-12(14)10-15-16(21)20(17(22)23-15)11-19-13-7-2-1-3-8-13/h1-10,19H,11H2/b15-10+. The number of halogens is 1. The first-order chi connectivity index (χ1) is 11.1. The summed E-state index contributed by atoms with van der Waals surface area (Å²) in [6.45, 7) is 0.0727. The number of thioether (sulfide) groups is 1. The number of nitrogens with one attached hydrogen (secondary N) is 1. The molecule has 0 aromatic heterocycles. The number of nitrogens with zero attached hydrogens (tertiary/aromatic N) is 1. The first-order valence-corrected chi connectivity index (χ1v) is 7.75. The molecule has 1 N–H and O–H groups in total. The van der Waals surface area contributed by atoms with E-state index in [0.29, 0.717) is 0 Å². The van der Waals surface area contributed by atoms with Crippen LogP contribution in [0.25, 0.3) is 6.08 Å². The second-order valence-electron chi connectivity index (χ2n) is 4.83. The molecule has 23 heavy (non-hydrogen) atoms. The maximum absolute atomic E-state index is 13.7. The topological polar surface area (TPSA) is 49.4 Å². The first-order valence-electron chi connectivity index (χ1n) is 6.94. The van der Waals surface area contributed by atoms with Crippen LogP contribution in [-0.4, -0.2) is 22.7 Å². The quantitative estimate of drug-likeness (QED) is 0.864. The molecule has 1 aliphatic rings. The summed E-state index contributed by atoms with van der Waals surface area (Å²) in [5, 5.41) is 2.64. The van der Waals surface area contributed by atoms with E-state index in [1.807, 2.05) is 30.3 Å². The van der Waals surface area contributed by atoms with Crippen molar-refractivity contribution in [3.8, 4) is 0 Å². The zero-order chi connectivity index (χ0) is 16.2. The molecule has 1 saturated heterocycles. The molecule has 0 bridgehead atoms. The molecule has 0 atom stereocenters. The zero-order valence-corrected chi connectivity index (χ0v) is 12.8. The zero-order valence-electron chi connectivity index (χ0n) is 12.0. The Morgan fingerprint density at radius 2 is 1.74 bits per heavy atom. The van der Waals surface area contributed by atoms with Gasteiger partial charge in [0.1, 0.15) is 5.82 Å². The number of rotatable bonds is 4. The summed E-state index contributed by atoms with van der Waals surface area (Å²) in [5.74, 6) is -0.853. The number of para-hydroxylation sites is 1. The predicted octanol–water partition coefficient (Wildman–Crippen LogP) is 3.93. The summed E-state index contributed by atoms with van der Waals surface area (Å²) in [6.07, 6.45) is 1.41. The van der Waals surface area contributed by atoms with Gasteiger partial charge in [-0.1, -0.05) is 36.4 Å². The molecule has 0 spiro atoms. The van der Waals surface area contributed by atoms with Gasteiger partial charge in [-0.3, -0.25) is 14.5 Å². The van der Waals surface area contributed by atoms with Gasteiger partial charge in [0.05, 0.1) is 11.6 Å². The van der Waals surface area contributed by atoms with Crippen molar-refractivity contribution in [2.45, 2.75) is 0 Å². The fourth-order valence-corrected chi connectivity index (χ4v) is 2.93. The van der Waals surface area contributed by atoms with Crippen molar-refractivity contribution >= 4 is 34.7 Å². The number of benzene rings is 2. The average molecular weight is 328 g/mol. The highest BCUT2D eigenvalue weighted by molar-refractivity contribution is 8.18. The van der Waals surface area contributed by atoms with Gasteiger partial charge in [-0.05, 0) is 36.0 Å². The van der Waals surface area contributed by atoms with Gasteiger partial charge in [-0.25, -0.2) is 4.39 Å². The van der Waals surface area contributed by atoms with Crippen molar-refractivity contribution in [2.24, 2.45) is 0 Å². The third-order valence-electron chi connectivity index (χ3n) is 3.28. The third kappa shape index (κ3) is 3.43. The van der Waals surface area contributed by atoms with E-state index in [1.54, 1.807) is 18.2 Å². The SMILES string of the molecule is O=C1S/C(=C/c2ccccc2F)C(=O)N1CNc1ccccc1. The van der Waals surface area contributed by atoms with Gasteiger partial charge in [0.15, 0.2) is 0 Å². The number of imide groups is 1. The Labute approximate surface area is 137 Å². The monoisotopic (exact) mass is 328 g/mol. The largest absolute Gasteiger partial charge is 0.367 e. The molecular weight excluding hydrogens is 315 g/mol. The van der Waals surface area contributed by atoms with Gasteiger partial charge in [0, 0.05) is 11.3 Å². The molecule has 0 aliphatic carbocycles. The molecule has 2 aromatic rings. The van der Waals surface area contributed by atoms with Crippen LogP contribution in [0.5, 0.6) is 0 Å². The van der Waals surface area contributed by atoms with Crippen LogP contribution in [0.1, 0.15) is 5.56 Å². The van der Waals surface area contributed by atoms with Crippen LogP contribution >= 0.6 is 11.8 Å². The maximum atomic E-state index is 13.7. The Bertz CT molecular complexity index is 777. The second-order valence-corrected chi connectivity index (χ2v) is 5.83. The number of hydrogen-bond donors (Lipinski definition) is 1. The van der Waals surface area contributed by atoms with Gasteiger partial charge in [-0.2, -0.15) is 0 Å². The minimum atomic E-state index is -0.429. The van der Waals surface area contributed by atoms with E-state index in [9.17, 15) is 14.0 Å². The molecular formula is C17H13FN2O2S. The van der Waals surface area contributed by atoms with E-state index >= 15 is 0 Å². The lowest BCUT2D eigenvalue weighted by atomic mass is 10.2.